The van der Waals surface area contributed by atoms with Gasteiger partial charge in [0.2, 0.25) is 0 Å². The maximum absolute atomic E-state index is 13.7. The van der Waals surface area contributed by atoms with Gasteiger partial charge in [0.25, 0.3) is 0 Å². The third kappa shape index (κ3) is 4.15. The van der Waals surface area contributed by atoms with E-state index in [0.717, 1.165) is 12.1 Å². The number of nitrogens with two attached hydrogens (primary N) is 1. The van der Waals surface area contributed by atoms with Crippen molar-refractivity contribution in [1.82, 2.24) is 25.0 Å². The van der Waals surface area contributed by atoms with Gasteiger partial charge >= 0.3 is 12.6 Å². The Morgan fingerprint density at radius 2 is 2.03 bits per heavy atom. The molecule has 0 atom stereocenters. The summed E-state index contributed by atoms with van der Waals surface area (Å²) >= 11 is 0. The molecule has 2 aromatic heterocycles. The number of alkyl halides is 2. The van der Waals surface area contributed by atoms with Crippen LogP contribution in [0.15, 0.2) is 42.6 Å². The standard InChI is InChI=1S/C24H25F3N6O2/c1-23(2,15-4-3-5-16(25)9-15)30-22(34)32-12-24(13-32)6-7-33-19(24)10-17(31-33)14-8-18(35-21(26)27)20(28)29-11-14/h3-5,8-11,21H,6-7,12-13H2,1-2H3,(H2,28,29)(H,30,34). The van der Waals surface area contributed by atoms with E-state index in [1.54, 1.807) is 17.0 Å². The van der Waals surface area contributed by atoms with Crippen LogP contribution in [0.4, 0.5) is 23.8 Å². The van der Waals surface area contributed by atoms with E-state index in [4.69, 9.17) is 5.73 Å². The minimum Gasteiger partial charge on any atom is -0.431 e. The molecule has 5 rings (SSSR count). The number of amides is 2. The number of halogens is 3. The molecular formula is C24H25F3N6O2. The van der Waals surface area contributed by atoms with Gasteiger partial charge in [-0.15, -0.1) is 0 Å². The lowest BCUT2D eigenvalue weighted by molar-refractivity contribution is -0.0494. The first kappa shape index (κ1) is 23.0. The number of aryl methyl sites for hydroxylation is 1. The summed E-state index contributed by atoms with van der Waals surface area (Å²) < 4.78 is 45.3. The average molecular weight is 486 g/mol. The van der Waals surface area contributed by atoms with Gasteiger partial charge in [0.1, 0.15) is 5.82 Å². The molecule has 4 heterocycles. The number of hydrogen-bond donors (Lipinski definition) is 2. The second-order valence-electron chi connectivity index (χ2n) is 9.58. The summed E-state index contributed by atoms with van der Waals surface area (Å²) in [5, 5.41) is 7.60. The second kappa shape index (κ2) is 8.17. The van der Waals surface area contributed by atoms with Crippen molar-refractivity contribution in [3.05, 3.63) is 59.7 Å². The van der Waals surface area contributed by atoms with Crippen molar-refractivity contribution in [3.63, 3.8) is 0 Å². The van der Waals surface area contributed by atoms with Crippen LogP contribution < -0.4 is 15.8 Å². The van der Waals surface area contributed by atoms with E-state index >= 15 is 0 Å². The van der Waals surface area contributed by atoms with Crippen LogP contribution in [0.5, 0.6) is 5.75 Å². The Morgan fingerprint density at radius 1 is 1.26 bits per heavy atom. The van der Waals surface area contributed by atoms with Crippen molar-refractivity contribution >= 4 is 11.8 Å². The molecule has 1 spiro atoms. The number of fused-ring (bicyclic) bond motifs is 2. The van der Waals surface area contributed by atoms with Crippen LogP contribution in [0.1, 0.15) is 31.5 Å². The monoisotopic (exact) mass is 486 g/mol. The van der Waals surface area contributed by atoms with Gasteiger partial charge < -0.3 is 20.7 Å². The highest BCUT2D eigenvalue weighted by Gasteiger charge is 2.51. The number of likely N-dealkylation sites (tertiary alicyclic amines) is 1. The van der Waals surface area contributed by atoms with Crippen LogP contribution in [-0.4, -0.2) is 45.4 Å². The lowest BCUT2D eigenvalue weighted by Gasteiger charge is -2.48. The van der Waals surface area contributed by atoms with Gasteiger partial charge in [-0.25, -0.2) is 14.2 Å². The fourth-order valence-corrected chi connectivity index (χ4v) is 4.83. The van der Waals surface area contributed by atoms with Crippen LogP contribution >= 0.6 is 0 Å². The van der Waals surface area contributed by atoms with Crippen LogP contribution in [0, 0.1) is 5.82 Å². The topological polar surface area (TPSA) is 98.3 Å². The van der Waals surface area contributed by atoms with E-state index in [2.05, 4.69) is 20.1 Å². The molecule has 0 aliphatic carbocycles. The molecule has 35 heavy (non-hydrogen) atoms. The van der Waals surface area contributed by atoms with E-state index in [9.17, 15) is 18.0 Å². The van der Waals surface area contributed by atoms with Crippen molar-refractivity contribution in [2.75, 3.05) is 18.8 Å². The summed E-state index contributed by atoms with van der Waals surface area (Å²) in [7, 11) is 0. The number of aromatic nitrogens is 3. The molecule has 1 fully saturated rings. The largest absolute Gasteiger partial charge is 0.431 e. The van der Waals surface area contributed by atoms with Crippen molar-refractivity contribution < 1.29 is 22.7 Å². The zero-order valence-corrected chi connectivity index (χ0v) is 19.3. The Morgan fingerprint density at radius 3 is 2.74 bits per heavy atom. The number of carbonyl (C=O) groups excluding carboxylic acids is 1. The molecule has 0 unspecified atom stereocenters. The van der Waals surface area contributed by atoms with E-state index in [1.807, 2.05) is 24.6 Å². The van der Waals surface area contributed by atoms with Crippen LogP contribution in [0.3, 0.4) is 0 Å². The first-order valence-electron chi connectivity index (χ1n) is 11.2. The Hall–Kier alpha value is -3.76. The Bertz CT molecular complexity index is 1290. The van der Waals surface area contributed by atoms with E-state index < -0.39 is 12.2 Å². The quantitative estimate of drug-likeness (QED) is 0.571. The third-order valence-electron chi connectivity index (χ3n) is 6.76. The van der Waals surface area contributed by atoms with Crippen molar-refractivity contribution in [2.24, 2.45) is 0 Å². The molecular weight excluding hydrogens is 461 g/mol. The van der Waals surface area contributed by atoms with Gasteiger partial charge in [-0.3, -0.25) is 4.68 Å². The van der Waals surface area contributed by atoms with E-state index in [-0.39, 0.29) is 28.8 Å². The second-order valence-corrected chi connectivity index (χ2v) is 9.58. The number of nitrogens with one attached hydrogen (secondary N) is 1. The van der Waals surface area contributed by atoms with E-state index in [0.29, 0.717) is 36.5 Å². The predicted octanol–water partition coefficient (Wildman–Crippen LogP) is 3.87. The Labute approximate surface area is 199 Å². The fourth-order valence-electron chi connectivity index (χ4n) is 4.83. The molecule has 3 N–H and O–H groups in total. The summed E-state index contributed by atoms with van der Waals surface area (Å²) in [5.41, 5.74) is 7.41. The summed E-state index contributed by atoms with van der Waals surface area (Å²) in [5.74, 6) is -0.682. The number of urea groups is 1. The van der Waals surface area contributed by atoms with Gasteiger partial charge in [-0.2, -0.15) is 13.9 Å². The lowest BCUT2D eigenvalue weighted by atomic mass is 9.76. The fraction of sp³-hybridized carbons (Fsp3) is 0.375. The lowest BCUT2D eigenvalue weighted by Crippen LogP contribution is -2.64. The average Bonchev–Trinajstić information content (AvgIpc) is 3.33. The predicted molar refractivity (Wildman–Crippen MR) is 122 cm³/mol. The molecule has 0 radical (unpaired) electrons. The van der Waals surface area contributed by atoms with Crippen molar-refractivity contribution in [1.29, 1.82) is 0 Å². The van der Waals surface area contributed by atoms with E-state index in [1.165, 1.54) is 24.4 Å². The van der Waals surface area contributed by atoms with Crippen LogP contribution in [0.2, 0.25) is 0 Å². The minimum absolute atomic E-state index is 0.126. The number of carbonyl (C=O) groups is 1. The molecule has 0 bridgehead atoms. The molecule has 0 saturated carbocycles. The number of pyridine rings is 1. The highest BCUT2D eigenvalue weighted by Crippen LogP contribution is 2.44. The number of benzene rings is 1. The van der Waals surface area contributed by atoms with Crippen molar-refractivity contribution in [2.45, 2.75) is 44.4 Å². The SMILES string of the molecule is CC(C)(NC(=O)N1CC2(CCn3nc(-c4cnc(N)c(OC(F)F)c4)cc32)C1)c1cccc(F)c1. The maximum atomic E-state index is 13.7. The molecule has 2 amide bonds. The number of anilines is 1. The molecule has 184 valence electrons. The smallest absolute Gasteiger partial charge is 0.387 e. The van der Waals surface area contributed by atoms with Gasteiger partial charge in [0.05, 0.1) is 11.2 Å². The van der Waals surface area contributed by atoms with Gasteiger partial charge in [-0.1, -0.05) is 12.1 Å². The number of ether oxygens (including phenoxy) is 1. The molecule has 2 aliphatic heterocycles. The van der Waals surface area contributed by atoms with Crippen molar-refractivity contribution in [3.8, 4) is 17.0 Å². The molecule has 8 nitrogen and oxygen atoms in total. The zero-order valence-electron chi connectivity index (χ0n) is 19.3. The third-order valence-corrected chi connectivity index (χ3v) is 6.76. The summed E-state index contributed by atoms with van der Waals surface area (Å²) in [6.45, 7) is 2.37. The number of rotatable bonds is 5. The molecule has 1 aromatic carbocycles. The minimum atomic E-state index is -3.01. The van der Waals surface area contributed by atoms with Crippen LogP contribution in [0.25, 0.3) is 11.3 Å². The highest BCUT2D eigenvalue weighted by molar-refractivity contribution is 5.77. The maximum Gasteiger partial charge on any atom is 0.387 e. The molecule has 11 heteroatoms. The summed E-state index contributed by atoms with van der Waals surface area (Å²) in [6.07, 6.45) is 2.31. The van der Waals surface area contributed by atoms with Gasteiger partial charge in [0, 0.05) is 42.5 Å². The first-order valence-corrected chi connectivity index (χ1v) is 11.2. The van der Waals surface area contributed by atoms with Gasteiger partial charge in [0.15, 0.2) is 11.6 Å². The van der Waals surface area contributed by atoms with Gasteiger partial charge in [-0.05, 0) is 50.1 Å². The molecule has 3 aromatic rings. The highest BCUT2D eigenvalue weighted by atomic mass is 19.3. The number of hydrogen-bond acceptors (Lipinski definition) is 5. The zero-order chi connectivity index (χ0) is 25.0. The van der Waals surface area contributed by atoms with Crippen LogP contribution in [-0.2, 0) is 17.5 Å². The summed E-state index contributed by atoms with van der Waals surface area (Å²) in [6, 6.07) is 9.26. The number of nitrogens with zero attached hydrogens (tertiary/aromatic N) is 4. The number of nitrogen functional groups attached to an aromatic ring is 1. The Balaban J connectivity index is 1.30. The molecule has 2 aliphatic rings. The molecule has 1 saturated heterocycles. The first-order chi connectivity index (χ1) is 16.6. The Kier molecular flexibility index (Phi) is 5.37. The normalized spacial score (nSPS) is 16.3. The summed E-state index contributed by atoms with van der Waals surface area (Å²) in [4.78, 5) is 18.6.